The lowest BCUT2D eigenvalue weighted by Crippen LogP contribution is -2.60. The molecule has 1 saturated heterocycles. The quantitative estimate of drug-likeness (QED) is 0.879. The van der Waals surface area contributed by atoms with Gasteiger partial charge in [0.1, 0.15) is 5.82 Å². The molecule has 2 rings (SSSR count). The van der Waals surface area contributed by atoms with E-state index in [1.807, 2.05) is 0 Å². The van der Waals surface area contributed by atoms with Crippen LogP contribution in [0.4, 0.5) is 10.1 Å². The molecule has 1 fully saturated rings. The summed E-state index contributed by atoms with van der Waals surface area (Å²) in [5, 5.41) is 4.08. The van der Waals surface area contributed by atoms with Crippen LogP contribution >= 0.6 is 27.5 Å². The van der Waals surface area contributed by atoms with E-state index in [1.54, 1.807) is 0 Å². The molecule has 0 amide bonds. The first-order chi connectivity index (χ1) is 9.01. The summed E-state index contributed by atoms with van der Waals surface area (Å²) in [6.45, 7) is 7.08. The van der Waals surface area contributed by atoms with Crippen LogP contribution in [0.25, 0.3) is 0 Å². The Morgan fingerprint density at radius 3 is 2.68 bits per heavy atom. The maximum atomic E-state index is 13.3. The second-order valence-corrected chi connectivity index (χ2v) is 6.32. The number of piperazine rings is 1. The molecule has 1 aromatic rings. The molecule has 0 aromatic heterocycles. The number of hydrogen-bond acceptors (Lipinski definition) is 2. The highest BCUT2D eigenvalue weighted by atomic mass is 79.9. The molecule has 5 heteroatoms. The molecule has 0 radical (unpaired) electrons. The van der Waals surface area contributed by atoms with Crippen molar-refractivity contribution in [3.63, 3.8) is 0 Å². The van der Waals surface area contributed by atoms with Gasteiger partial charge in [0.25, 0.3) is 0 Å². The molecule has 0 saturated carbocycles. The minimum Gasteiger partial charge on any atom is -0.366 e. The molecule has 0 unspecified atom stereocenters. The Morgan fingerprint density at radius 1 is 1.42 bits per heavy atom. The number of rotatable bonds is 3. The molecule has 19 heavy (non-hydrogen) atoms. The van der Waals surface area contributed by atoms with Crippen molar-refractivity contribution in [2.75, 3.05) is 24.5 Å². The van der Waals surface area contributed by atoms with Gasteiger partial charge < -0.3 is 10.2 Å². The van der Waals surface area contributed by atoms with Crippen molar-refractivity contribution in [3.05, 3.63) is 27.4 Å². The maximum absolute atomic E-state index is 13.3. The highest BCUT2D eigenvalue weighted by Gasteiger charge is 2.33. The topological polar surface area (TPSA) is 15.3 Å². The molecule has 0 aliphatic carbocycles. The van der Waals surface area contributed by atoms with Crippen molar-refractivity contribution >= 4 is 33.2 Å². The fourth-order valence-corrected chi connectivity index (χ4v) is 3.83. The van der Waals surface area contributed by atoms with Gasteiger partial charge in [0, 0.05) is 29.6 Å². The molecule has 0 spiro atoms. The Bertz CT molecular complexity index is 440. The van der Waals surface area contributed by atoms with Gasteiger partial charge in [-0.05, 0) is 40.9 Å². The molecule has 106 valence electrons. The standard InChI is InChI=1S/C14H19BrClFN2/c1-3-14(4-2)9-19(6-5-18-14)13-11(15)7-10(17)8-12(13)16/h7-8,18H,3-6,9H2,1-2H3. The minimum absolute atomic E-state index is 0.120. The third-order valence-corrected chi connectivity index (χ3v) is 4.92. The lowest BCUT2D eigenvalue weighted by atomic mass is 9.90. The van der Waals surface area contributed by atoms with Crippen LogP contribution in [-0.4, -0.2) is 25.2 Å². The predicted octanol–water partition coefficient (Wildman–Crippen LogP) is 4.21. The van der Waals surface area contributed by atoms with Crippen molar-refractivity contribution in [1.29, 1.82) is 0 Å². The molecule has 1 heterocycles. The Labute approximate surface area is 127 Å². The molecule has 2 nitrogen and oxygen atoms in total. The summed E-state index contributed by atoms with van der Waals surface area (Å²) in [4.78, 5) is 2.25. The van der Waals surface area contributed by atoms with Gasteiger partial charge in [-0.2, -0.15) is 0 Å². The summed E-state index contributed by atoms with van der Waals surface area (Å²) in [6, 6.07) is 2.85. The van der Waals surface area contributed by atoms with E-state index in [2.05, 4.69) is 40.0 Å². The molecular weight excluding hydrogens is 331 g/mol. The predicted molar refractivity (Wildman–Crippen MR) is 82.6 cm³/mol. The fourth-order valence-electron chi connectivity index (χ4n) is 2.71. The van der Waals surface area contributed by atoms with Crippen LogP contribution in [0.2, 0.25) is 5.02 Å². The first kappa shape index (κ1) is 15.1. The van der Waals surface area contributed by atoms with E-state index < -0.39 is 0 Å². The van der Waals surface area contributed by atoms with Crippen molar-refractivity contribution < 1.29 is 4.39 Å². The van der Waals surface area contributed by atoms with E-state index in [1.165, 1.54) is 12.1 Å². The fraction of sp³-hybridized carbons (Fsp3) is 0.571. The summed E-state index contributed by atoms with van der Waals surface area (Å²) < 4.78 is 14.0. The van der Waals surface area contributed by atoms with Gasteiger partial charge in [-0.15, -0.1) is 0 Å². The van der Waals surface area contributed by atoms with Crippen LogP contribution in [0.5, 0.6) is 0 Å². The first-order valence-electron chi connectivity index (χ1n) is 6.66. The second-order valence-electron chi connectivity index (χ2n) is 5.05. The zero-order valence-corrected chi connectivity index (χ0v) is 13.6. The average Bonchev–Trinajstić information content (AvgIpc) is 2.37. The first-order valence-corrected chi connectivity index (χ1v) is 7.83. The van der Waals surface area contributed by atoms with Crippen molar-refractivity contribution in [2.24, 2.45) is 0 Å². The summed E-state index contributed by atoms with van der Waals surface area (Å²) in [5.74, 6) is -0.312. The number of anilines is 1. The van der Waals surface area contributed by atoms with Crippen molar-refractivity contribution in [1.82, 2.24) is 5.32 Å². The minimum atomic E-state index is -0.312. The number of nitrogens with zero attached hydrogens (tertiary/aromatic N) is 1. The van der Waals surface area contributed by atoms with E-state index in [0.29, 0.717) is 5.02 Å². The molecule has 1 aromatic carbocycles. The Hall–Kier alpha value is -0.320. The highest BCUT2D eigenvalue weighted by Crippen LogP contribution is 2.37. The van der Waals surface area contributed by atoms with Gasteiger partial charge in [0.2, 0.25) is 0 Å². The lowest BCUT2D eigenvalue weighted by Gasteiger charge is -2.44. The smallest absolute Gasteiger partial charge is 0.125 e. The third-order valence-electron chi connectivity index (χ3n) is 4.03. The van der Waals surface area contributed by atoms with E-state index in [-0.39, 0.29) is 11.4 Å². The summed E-state index contributed by atoms with van der Waals surface area (Å²) in [7, 11) is 0. The van der Waals surface area contributed by atoms with Gasteiger partial charge in [-0.1, -0.05) is 25.4 Å². The molecule has 0 atom stereocenters. The number of nitrogens with one attached hydrogen (secondary N) is 1. The van der Waals surface area contributed by atoms with E-state index in [0.717, 1.165) is 42.6 Å². The lowest BCUT2D eigenvalue weighted by molar-refractivity contribution is 0.277. The van der Waals surface area contributed by atoms with Crippen LogP contribution in [0.1, 0.15) is 26.7 Å². The monoisotopic (exact) mass is 348 g/mol. The van der Waals surface area contributed by atoms with Gasteiger partial charge >= 0.3 is 0 Å². The van der Waals surface area contributed by atoms with Crippen LogP contribution in [-0.2, 0) is 0 Å². The Balaban J connectivity index is 2.32. The molecule has 0 bridgehead atoms. The van der Waals surface area contributed by atoms with E-state index >= 15 is 0 Å². The second kappa shape index (κ2) is 5.98. The van der Waals surface area contributed by atoms with Gasteiger partial charge in [0.15, 0.2) is 0 Å². The van der Waals surface area contributed by atoms with E-state index in [4.69, 9.17) is 11.6 Å². The number of hydrogen-bond donors (Lipinski definition) is 1. The van der Waals surface area contributed by atoms with Gasteiger partial charge in [-0.3, -0.25) is 0 Å². The summed E-state index contributed by atoms with van der Waals surface area (Å²) >= 11 is 9.64. The molecule has 1 aliphatic rings. The van der Waals surface area contributed by atoms with Crippen LogP contribution in [0.3, 0.4) is 0 Å². The zero-order valence-electron chi connectivity index (χ0n) is 11.3. The average molecular weight is 350 g/mol. The highest BCUT2D eigenvalue weighted by molar-refractivity contribution is 9.10. The molecule has 1 N–H and O–H groups in total. The normalized spacial score (nSPS) is 18.7. The van der Waals surface area contributed by atoms with Crippen molar-refractivity contribution in [2.45, 2.75) is 32.2 Å². The van der Waals surface area contributed by atoms with E-state index in [9.17, 15) is 4.39 Å². The molecular formula is C14H19BrClFN2. The Morgan fingerprint density at radius 2 is 2.11 bits per heavy atom. The SMILES string of the molecule is CCC1(CC)CN(c2c(Cl)cc(F)cc2Br)CCN1. The Kier molecular flexibility index (Phi) is 4.75. The third kappa shape index (κ3) is 3.06. The van der Waals surface area contributed by atoms with Crippen LogP contribution < -0.4 is 10.2 Å². The largest absolute Gasteiger partial charge is 0.366 e. The summed E-state index contributed by atoms with van der Waals surface area (Å²) in [5.41, 5.74) is 1.02. The van der Waals surface area contributed by atoms with Crippen molar-refractivity contribution in [3.8, 4) is 0 Å². The van der Waals surface area contributed by atoms with Gasteiger partial charge in [-0.25, -0.2) is 4.39 Å². The number of halogens is 3. The van der Waals surface area contributed by atoms with Gasteiger partial charge in [0.05, 0.1) is 10.7 Å². The van der Waals surface area contributed by atoms with Crippen LogP contribution in [0, 0.1) is 5.82 Å². The molecule has 1 aliphatic heterocycles. The summed E-state index contributed by atoms with van der Waals surface area (Å²) in [6.07, 6.45) is 2.13. The maximum Gasteiger partial charge on any atom is 0.125 e. The van der Waals surface area contributed by atoms with Crippen LogP contribution in [0.15, 0.2) is 16.6 Å². The zero-order chi connectivity index (χ0) is 14.0. The number of benzene rings is 1.